The second kappa shape index (κ2) is 7.41. The third kappa shape index (κ3) is 3.42. The van der Waals surface area contributed by atoms with Crippen molar-refractivity contribution in [1.82, 2.24) is 19.0 Å². The molecular formula is C23H23ClN4O. The predicted octanol–water partition coefficient (Wildman–Crippen LogP) is 4.91. The highest BCUT2D eigenvalue weighted by molar-refractivity contribution is 6.29. The molecule has 148 valence electrons. The van der Waals surface area contributed by atoms with E-state index in [0.29, 0.717) is 17.4 Å². The number of carbonyl (C=O) groups is 1. The fraction of sp³-hybridized carbons (Fsp3) is 0.217. The SMILES string of the molecule is Cc1cc(CN(C)C(=O)c2ccc3nc(Cl)n(C)c3c2)c(C)n1-c1ccccc1. The van der Waals surface area contributed by atoms with Gasteiger partial charge in [-0.25, -0.2) is 4.98 Å². The van der Waals surface area contributed by atoms with Crippen molar-refractivity contribution in [1.29, 1.82) is 0 Å². The van der Waals surface area contributed by atoms with Crippen LogP contribution in [0.3, 0.4) is 0 Å². The molecule has 0 saturated carbocycles. The Hall–Kier alpha value is -3.05. The number of hydrogen-bond donors (Lipinski definition) is 0. The van der Waals surface area contributed by atoms with Crippen LogP contribution in [0.2, 0.25) is 5.28 Å². The molecule has 0 saturated heterocycles. The lowest BCUT2D eigenvalue weighted by Gasteiger charge is -2.18. The Bertz CT molecular complexity index is 1210. The summed E-state index contributed by atoms with van der Waals surface area (Å²) in [5.41, 5.74) is 6.79. The van der Waals surface area contributed by atoms with Gasteiger partial charge in [0.1, 0.15) is 0 Å². The van der Waals surface area contributed by atoms with Crippen molar-refractivity contribution >= 4 is 28.5 Å². The van der Waals surface area contributed by atoms with E-state index in [2.05, 4.69) is 41.6 Å². The molecule has 29 heavy (non-hydrogen) atoms. The Balaban J connectivity index is 1.60. The number of rotatable bonds is 4. The lowest BCUT2D eigenvalue weighted by Crippen LogP contribution is -2.26. The average Bonchev–Trinajstić information content (AvgIpc) is 3.16. The predicted molar refractivity (Wildman–Crippen MR) is 117 cm³/mol. The minimum Gasteiger partial charge on any atom is -0.337 e. The van der Waals surface area contributed by atoms with Crippen molar-refractivity contribution in [3.8, 4) is 5.69 Å². The average molecular weight is 407 g/mol. The van der Waals surface area contributed by atoms with Gasteiger partial charge in [0.05, 0.1) is 11.0 Å². The van der Waals surface area contributed by atoms with E-state index in [0.717, 1.165) is 33.7 Å². The molecule has 6 heteroatoms. The van der Waals surface area contributed by atoms with Gasteiger partial charge in [0, 0.05) is 43.3 Å². The Kier molecular flexibility index (Phi) is 4.92. The van der Waals surface area contributed by atoms with Crippen molar-refractivity contribution in [2.24, 2.45) is 7.05 Å². The maximum absolute atomic E-state index is 13.0. The highest BCUT2D eigenvalue weighted by Gasteiger charge is 2.18. The molecule has 2 aromatic carbocycles. The maximum atomic E-state index is 13.0. The van der Waals surface area contributed by atoms with Gasteiger partial charge in [-0.2, -0.15) is 0 Å². The lowest BCUT2D eigenvalue weighted by atomic mass is 10.1. The zero-order valence-corrected chi connectivity index (χ0v) is 17.7. The number of hydrogen-bond acceptors (Lipinski definition) is 2. The molecular weight excluding hydrogens is 384 g/mol. The number of amides is 1. The maximum Gasteiger partial charge on any atom is 0.253 e. The molecule has 2 aromatic heterocycles. The molecule has 0 spiro atoms. The summed E-state index contributed by atoms with van der Waals surface area (Å²) in [6, 6.07) is 17.9. The van der Waals surface area contributed by atoms with Crippen molar-refractivity contribution in [3.05, 3.63) is 82.4 Å². The normalized spacial score (nSPS) is 11.2. The van der Waals surface area contributed by atoms with Gasteiger partial charge >= 0.3 is 0 Å². The van der Waals surface area contributed by atoms with Crippen LogP contribution < -0.4 is 0 Å². The zero-order valence-electron chi connectivity index (χ0n) is 17.0. The molecule has 4 aromatic rings. The zero-order chi connectivity index (χ0) is 20.7. The van der Waals surface area contributed by atoms with Gasteiger partial charge in [0.15, 0.2) is 0 Å². The Morgan fingerprint density at radius 1 is 1.10 bits per heavy atom. The van der Waals surface area contributed by atoms with Gasteiger partial charge in [0.25, 0.3) is 5.91 Å². The second-order valence-electron chi connectivity index (χ2n) is 7.37. The molecule has 0 unspecified atom stereocenters. The van der Waals surface area contributed by atoms with Gasteiger partial charge in [0.2, 0.25) is 5.28 Å². The first kappa shape index (κ1) is 19.3. The number of carbonyl (C=O) groups excluding carboxylic acids is 1. The van der Waals surface area contributed by atoms with Crippen LogP contribution in [0.15, 0.2) is 54.6 Å². The lowest BCUT2D eigenvalue weighted by molar-refractivity contribution is 0.0785. The van der Waals surface area contributed by atoms with Crippen molar-refractivity contribution < 1.29 is 4.79 Å². The quantitative estimate of drug-likeness (QED) is 0.483. The summed E-state index contributed by atoms with van der Waals surface area (Å²) < 4.78 is 4.00. The van der Waals surface area contributed by atoms with Crippen molar-refractivity contribution in [2.75, 3.05) is 7.05 Å². The smallest absolute Gasteiger partial charge is 0.253 e. The van der Waals surface area contributed by atoms with E-state index in [1.165, 1.54) is 0 Å². The number of para-hydroxylation sites is 1. The number of aryl methyl sites for hydroxylation is 2. The fourth-order valence-corrected chi connectivity index (χ4v) is 3.99. The second-order valence-corrected chi connectivity index (χ2v) is 7.71. The van der Waals surface area contributed by atoms with E-state index >= 15 is 0 Å². The van der Waals surface area contributed by atoms with E-state index in [4.69, 9.17) is 11.6 Å². The monoisotopic (exact) mass is 406 g/mol. The summed E-state index contributed by atoms with van der Waals surface area (Å²) in [4.78, 5) is 19.1. The van der Waals surface area contributed by atoms with Gasteiger partial charge in [-0.05, 0) is 67.4 Å². The van der Waals surface area contributed by atoms with Crippen LogP contribution in [-0.2, 0) is 13.6 Å². The molecule has 2 heterocycles. The minimum atomic E-state index is -0.0336. The summed E-state index contributed by atoms with van der Waals surface area (Å²) in [5.74, 6) is -0.0336. The third-order valence-corrected chi connectivity index (χ3v) is 5.72. The molecule has 0 atom stereocenters. The van der Waals surface area contributed by atoms with Gasteiger partial charge in [-0.3, -0.25) is 4.79 Å². The van der Waals surface area contributed by atoms with Gasteiger partial charge in [-0.1, -0.05) is 18.2 Å². The number of nitrogens with zero attached hydrogens (tertiary/aromatic N) is 4. The number of benzene rings is 2. The minimum absolute atomic E-state index is 0.0336. The van der Waals surface area contributed by atoms with Gasteiger partial charge < -0.3 is 14.0 Å². The van der Waals surface area contributed by atoms with E-state index in [9.17, 15) is 4.79 Å². The van der Waals surface area contributed by atoms with E-state index < -0.39 is 0 Å². The fourth-order valence-electron chi connectivity index (χ4n) is 3.80. The van der Waals surface area contributed by atoms with Crippen LogP contribution in [0.5, 0.6) is 0 Å². The van der Waals surface area contributed by atoms with Gasteiger partial charge in [-0.15, -0.1) is 0 Å². The number of aromatic nitrogens is 3. The number of halogens is 1. The summed E-state index contributed by atoms with van der Waals surface area (Å²) in [6.45, 7) is 4.72. The first-order valence-corrected chi connectivity index (χ1v) is 9.85. The largest absolute Gasteiger partial charge is 0.337 e. The molecule has 5 nitrogen and oxygen atoms in total. The molecule has 0 aliphatic carbocycles. The van der Waals surface area contributed by atoms with E-state index in [1.807, 2.05) is 44.4 Å². The molecule has 1 amide bonds. The molecule has 0 bridgehead atoms. The van der Waals surface area contributed by atoms with Crippen LogP contribution >= 0.6 is 11.6 Å². The molecule has 4 rings (SSSR count). The highest BCUT2D eigenvalue weighted by Crippen LogP contribution is 2.23. The topological polar surface area (TPSA) is 43.1 Å². The molecule has 0 aliphatic heterocycles. The summed E-state index contributed by atoms with van der Waals surface area (Å²) in [7, 11) is 3.67. The molecule has 0 aliphatic rings. The molecule has 0 N–H and O–H groups in total. The molecule has 0 fully saturated rings. The summed E-state index contributed by atoms with van der Waals surface area (Å²) >= 11 is 6.09. The summed E-state index contributed by atoms with van der Waals surface area (Å²) in [5, 5.41) is 0.409. The molecule has 0 radical (unpaired) electrons. The number of imidazole rings is 1. The Labute approximate surface area is 175 Å². The summed E-state index contributed by atoms with van der Waals surface area (Å²) in [6.07, 6.45) is 0. The first-order valence-electron chi connectivity index (χ1n) is 9.47. The van der Waals surface area contributed by atoms with E-state index in [1.54, 1.807) is 15.5 Å². The van der Waals surface area contributed by atoms with Crippen LogP contribution in [0.25, 0.3) is 16.7 Å². The Morgan fingerprint density at radius 2 is 1.83 bits per heavy atom. The van der Waals surface area contributed by atoms with Crippen LogP contribution in [0.4, 0.5) is 0 Å². The van der Waals surface area contributed by atoms with Crippen LogP contribution in [-0.4, -0.2) is 32.0 Å². The highest BCUT2D eigenvalue weighted by atomic mass is 35.5. The van der Waals surface area contributed by atoms with Crippen LogP contribution in [0.1, 0.15) is 27.3 Å². The van der Waals surface area contributed by atoms with Crippen molar-refractivity contribution in [2.45, 2.75) is 20.4 Å². The van der Waals surface area contributed by atoms with Crippen LogP contribution in [0, 0.1) is 13.8 Å². The van der Waals surface area contributed by atoms with Crippen molar-refractivity contribution in [3.63, 3.8) is 0 Å². The first-order chi connectivity index (χ1) is 13.9. The third-order valence-electron chi connectivity index (χ3n) is 5.38. The Morgan fingerprint density at radius 3 is 2.55 bits per heavy atom. The number of fused-ring (bicyclic) bond motifs is 1. The van der Waals surface area contributed by atoms with E-state index in [-0.39, 0.29) is 5.91 Å². The standard InChI is InChI=1S/C23H23ClN4O/c1-15-12-18(16(2)28(15)19-8-6-5-7-9-19)14-26(3)22(29)17-10-11-20-21(13-17)27(4)23(24)25-20/h5-13H,14H2,1-4H3.